The van der Waals surface area contributed by atoms with E-state index in [1.165, 1.54) is 13.0 Å². The van der Waals surface area contributed by atoms with Gasteiger partial charge in [0.2, 0.25) is 0 Å². The maximum atomic E-state index is 11.8. The number of rotatable bonds is 2. The second kappa shape index (κ2) is 2.50. The van der Waals surface area contributed by atoms with Crippen LogP contribution in [0.1, 0.15) is 6.92 Å². The summed E-state index contributed by atoms with van der Waals surface area (Å²) in [5.41, 5.74) is -0.0556. The third kappa shape index (κ3) is 2.09. The molecule has 0 saturated carbocycles. The maximum Gasteiger partial charge on any atom is 0.138 e. The zero-order valence-electron chi connectivity index (χ0n) is 4.24. The molecule has 1 unspecified atom stereocenters. The molecule has 0 saturated heterocycles. The molecular weight excluding hydrogens is 93.1 g/mol. The molecule has 0 aromatic rings. The van der Waals surface area contributed by atoms with Gasteiger partial charge in [-0.25, -0.2) is 4.39 Å². The van der Waals surface area contributed by atoms with E-state index in [1.54, 1.807) is 0 Å². The largest absolute Gasteiger partial charge is 0.302 e. The topological polar surface area (TPSA) is 23.9 Å². The minimum absolute atomic E-state index is 0.0556. The second-order valence-corrected chi connectivity index (χ2v) is 1.28. The van der Waals surface area contributed by atoms with E-state index in [0.717, 1.165) is 0 Å². The first kappa shape index (κ1) is 6.34. The maximum absolute atomic E-state index is 11.8. The number of hydrogen-bond acceptors (Lipinski definition) is 1. The Bertz CT molecular complexity index is 86.1. The van der Waals surface area contributed by atoms with Gasteiger partial charge in [0.15, 0.2) is 0 Å². The molecule has 40 valence electrons. The van der Waals surface area contributed by atoms with Crippen molar-refractivity contribution in [3.63, 3.8) is 0 Å². The van der Waals surface area contributed by atoms with E-state index in [4.69, 9.17) is 5.41 Å². The molecule has 0 bridgehead atoms. The molecule has 0 rings (SSSR count). The van der Waals surface area contributed by atoms with Crippen LogP contribution in [0.25, 0.3) is 0 Å². The molecule has 1 N–H and O–H groups in total. The van der Waals surface area contributed by atoms with Gasteiger partial charge in [-0.2, -0.15) is 0 Å². The van der Waals surface area contributed by atoms with Crippen LogP contribution in [0.5, 0.6) is 0 Å². The third-order valence-corrected chi connectivity index (χ3v) is 0.648. The van der Waals surface area contributed by atoms with Crippen LogP contribution >= 0.6 is 0 Å². The first-order valence-electron chi connectivity index (χ1n) is 2.03. The van der Waals surface area contributed by atoms with Crippen molar-refractivity contribution in [1.29, 1.82) is 5.41 Å². The van der Waals surface area contributed by atoms with Crippen molar-refractivity contribution in [2.45, 2.75) is 13.1 Å². The van der Waals surface area contributed by atoms with Crippen LogP contribution in [0.4, 0.5) is 4.39 Å². The molecular formula is C5H8FN. The molecule has 0 heterocycles. The first-order valence-corrected chi connectivity index (χ1v) is 2.03. The molecule has 0 aromatic heterocycles. The lowest BCUT2D eigenvalue weighted by Gasteiger charge is -1.92. The van der Waals surface area contributed by atoms with Crippen LogP contribution in [0.2, 0.25) is 0 Å². The van der Waals surface area contributed by atoms with E-state index >= 15 is 0 Å². The highest BCUT2D eigenvalue weighted by Gasteiger charge is 1.98. The Balaban J connectivity index is 3.56. The molecule has 0 aliphatic heterocycles. The van der Waals surface area contributed by atoms with E-state index in [1.807, 2.05) is 0 Å². The summed E-state index contributed by atoms with van der Waals surface area (Å²) < 4.78 is 11.8. The molecule has 7 heavy (non-hydrogen) atoms. The summed E-state index contributed by atoms with van der Waals surface area (Å²) in [6.07, 6.45) is 0.0301. The van der Waals surface area contributed by atoms with Crippen molar-refractivity contribution < 1.29 is 4.39 Å². The molecule has 1 nitrogen and oxygen atoms in total. The van der Waals surface area contributed by atoms with Gasteiger partial charge in [-0.05, 0) is 13.0 Å². The molecule has 0 aliphatic carbocycles. The zero-order chi connectivity index (χ0) is 5.86. The number of allylic oxidation sites excluding steroid dienone is 1. The van der Waals surface area contributed by atoms with Crippen LogP contribution in [0, 0.1) is 5.41 Å². The molecule has 0 radical (unpaired) electrons. The summed E-state index contributed by atoms with van der Waals surface area (Å²) in [5, 5.41) is 6.70. The fourth-order valence-electron chi connectivity index (χ4n) is 0.162. The molecule has 0 spiro atoms. The Morgan fingerprint density at radius 1 is 2.00 bits per heavy atom. The predicted molar refractivity (Wildman–Crippen MR) is 28.5 cm³/mol. The molecule has 2 heteroatoms. The Morgan fingerprint density at radius 3 is 2.43 bits per heavy atom. The fourth-order valence-corrected chi connectivity index (χ4v) is 0.162. The highest BCUT2D eigenvalue weighted by molar-refractivity contribution is 5.95. The zero-order valence-corrected chi connectivity index (χ0v) is 4.24. The van der Waals surface area contributed by atoms with Crippen molar-refractivity contribution >= 4 is 5.71 Å². The Labute approximate surface area is 42.4 Å². The minimum atomic E-state index is -1.17. The van der Waals surface area contributed by atoms with Gasteiger partial charge in [0.25, 0.3) is 0 Å². The minimum Gasteiger partial charge on any atom is -0.302 e. The summed E-state index contributed by atoms with van der Waals surface area (Å²) in [6, 6.07) is 0. The number of alkyl halides is 1. The van der Waals surface area contributed by atoms with Crippen LogP contribution in [0.15, 0.2) is 12.7 Å². The van der Waals surface area contributed by atoms with Gasteiger partial charge in [-0.3, -0.25) is 0 Å². The number of nitrogens with one attached hydrogen (secondary N) is 1. The summed E-state index contributed by atoms with van der Waals surface area (Å²) >= 11 is 0. The van der Waals surface area contributed by atoms with Crippen molar-refractivity contribution in [2.24, 2.45) is 0 Å². The molecule has 0 amide bonds. The first-order chi connectivity index (χ1) is 3.18. The average molecular weight is 101 g/mol. The molecule has 0 aliphatic rings. The predicted octanol–water partition coefficient (Wildman–Crippen LogP) is 1.55. The smallest absolute Gasteiger partial charge is 0.138 e. The van der Waals surface area contributed by atoms with Gasteiger partial charge in [-0.1, -0.05) is 6.58 Å². The average Bonchev–Trinajstić information content (AvgIpc) is 1.65. The summed E-state index contributed by atoms with van der Waals surface area (Å²) in [5.74, 6) is 0. The van der Waals surface area contributed by atoms with E-state index in [-0.39, 0.29) is 5.71 Å². The SMILES string of the molecule is C=CC(=N)C(C)F. The lowest BCUT2D eigenvalue weighted by atomic mass is 10.3. The van der Waals surface area contributed by atoms with Crippen molar-refractivity contribution in [1.82, 2.24) is 0 Å². The van der Waals surface area contributed by atoms with Crippen LogP contribution < -0.4 is 0 Å². The summed E-state index contributed by atoms with van der Waals surface area (Å²) in [6.45, 7) is 4.53. The van der Waals surface area contributed by atoms with Crippen LogP contribution in [0.3, 0.4) is 0 Å². The summed E-state index contributed by atoms with van der Waals surface area (Å²) in [4.78, 5) is 0. The molecule has 0 fully saturated rings. The lowest BCUT2D eigenvalue weighted by molar-refractivity contribution is 0.454. The summed E-state index contributed by atoms with van der Waals surface area (Å²) in [7, 11) is 0. The van der Waals surface area contributed by atoms with Gasteiger partial charge >= 0.3 is 0 Å². The van der Waals surface area contributed by atoms with Gasteiger partial charge in [0.05, 0.1) is 5.71 Å². The van der Waals surface area contributed by atoms with Gasteiger partial charge in [-0.15, -0.1) is 0 Å². The quantitative estimate of drug-likeness (QED) is 0.510. The third-order valence-electron chi connectivity index (χ3n) is 0.648. The highest BCUT2D eigenvalue weighted by atomic mass is 19.1. The van der Waals surface area contributed by atoms with Gasteiger partial charge in [0, 0.05) is 0 Å². The normalized spacial score (nSPS) is 12.9. The van der Waals surface area contributed by atoms with Crippen LogP contribution in [-0.4, -0.2) is 11.9 Å². The van der Waals surface area contributed by atoms with E-state index < -0.39 is 6.17 Å². The fraction of sp³-hybridized carbons (Fsp3) is 0.400. The van der Waals surface area contributed by atoms with E-state index in [2.05, 4.69) is 6.58 Å². The van der Waals surface area contributed by atoms with Crippen LogP contribution in [-0.2, 0) is 0 Å². The second-order valence-electron chi connectivity index (χ2n) is 1.28. The number of halogens is 1. The van der Waals surface area contributed by atoms with Crippen molar-refractivity contribution in [3.8, 4) is 0 Å². The number of hydrogen-bond donors (Lipinski definition) is 1. The van der Waals surface area contributed by atoms with Gasteiger partial charge in [0.1, 0.15) is 6.17 Å². The monoisotopic (exact) mass is 101 g/mol. The van der Waals surface area contributed by atoms with E-state index in [9.17, 15) is 4.39 Å². The van der Waals surface area contributed by atoms with Crippen molar-refractivity contribution in [2.75, 3.05) is 0 Å². The Hall–Kier alpha value is -0.660. The standard InChI is InChI=1S/C5H8FN/c1-3-5(7)4(2)6/h3-4,7H,1H2,2H3. The Kier molecular flexibility index (Phi) is 2.27. The van der Waals surface area contributed by atoms with E-state index in [0.29, 0.717) is 0 Å². The molecule has 1 atom stereocenters. The Morgan fingerprint density at radius 2 is 2.43 bits per heavy atom. The van der Waals surface area contributed by atoms with Crippen molar-refractivity contribution in [3.05, 3.63) is 12.7 Å². The highest BCUT2D eigenvalue weighted by Crippen LogP contribution is 1.89. The molecule has 0 aromatic carbocycles. The lowest BCUT2D eigenvalue weighted by Crippen LogP contribution is -2.04. The van der Waals surface area contributed by atoms with Gasteiger partial charge < -0.3 is 5.41 Å².